The van der Waals surface area contributed by atoms with E-state index in [1.165, 1.54) is 199 Å². The van der Waals surface area contributed by atoms with Crippen molar-refractivity contribution in [2.75, 3.05) is 13.2 Å². The Labute approximate surface area is 471 Å². The van der Waals surface area contributed by atoms with Crippen molar-refractivity contribution in [2.45, 2.75) is 329 Å². The molecule has 0 radical (unpaired) electrons. The zero-order chi connectivity index (χ0) is 55.0. The van der Waals surface area contributed by atoms with Gasteiger partial charge in [-0.15, -0.1) is 0 Å². The van der Waals surface area contributed by atoms with E-state index >= 15 is 0 Å². The van der Waals surface area contributed by atoms with Crippen LogP contribution in [0.15, 0.2) is 85.1 Å². The second-order valence-electron chi connectivity index (χ2n) is 21.6. The zero-order valence-electron chi connectivity index (χ0n) is 50.3. The van der Waals surface area contributed by atoms with Crippen LogP contribution in [-0.2, 0) is 28.6 Å². The molecule has 0 aromatic carbocycles. The molecule has 6 heteroatoms. The van der Waals surface area contributed by atoms with E-state index in [0.29, 0.717) is 19.3 Å². The highest BCUT2D eigenvalue weighted by Gasteiger charge is 2.19. The Hall–Kier alpha value is -3.41. The molecule has 0 N–H and O–H groups in total. The summed E-state index contributed by atoms with van der Waals surface area (Å²) in [6.45, 7) is 6.48. The third kappa shape index (κ3) is 61.4. The fraction of sp³-hybridized carbons (Fsp3) is 0.757. The lowest BCUT2D eigenvalue weighted by Gasteiger charge is -2.18. The van der Waals surface area contributed by atoms with Crippen molar-refractivity contribution in [1.29, 1.82) is 0 Å². The quantitative estimate of drug-likeness (QED) is 0.0261. The Balaban J connectivity index is 4.19. The van der Waals surface area contributed by atoms with Gasteiger partial charge in [-0.1, -0.05) is 305 Å². The zero-order valence-corrected chi connectivity index (χ0v) is 50.3. The van der Waals surface area contributed by atoms with E-state index in [9.17, 15) is 14.4 Å². The van der Waals surface area contributed by atoms with Crippen LogP contribution in [0.5, 0.6) is 0 Å². The van der Waals surface area contributed by atoms with E-state index in [0.717, 1.165) is 77.0 Å². The second kappa shape index (κ2) is 64.1. The molecule has 1 atom stereocenters. The minimum Gasteiger partial charge on any atom is -0.462 e. The van der Waals surface area contributed by atoms with Crippen molar-refractivity contribution in [3.63, 3.8) is 0 Å². The van der Waals surface area contributed by atoms with Gasteiger partial charge in [0, 0.05) is 19.3 Å². The van der Waals surface area contributed by atoms with Gasteiger partial charge in [0.2, 0.25) is 0 Å². The van der Waals surface area contributed by atoms with E-state index in [4.69, 9.17) is 14.2 Å². The van der Waals surface area contributed by atoms with Gasteiger partial charge in [0.05, 0.1) is 0 Å². The number of hydrogen-bond donors (Lipinski definition) is 0. The van der Waals surface area contributed by atoms with Gasteiger partial charge in [-0.3, -0.25) is 14.4 Å². The number of hydrogen-bond acceptors (Lipinski definition) is 6. The van der Waals surface area contributed by atoms with Gasteiger partial charge in [-0.05, 0) is 83.5 Å². The summed E-state index contributed by atoms with van der Waals surface area (Å²) in [7, 11) is 0. The van der Waals surface area contributed by atoms with Gasteiger partial charge < -0.3 is 14.2 Å². The number of carbonyl (C=O) groups excluding carboxylic acids is 3. The van der Waals surface area contributed by atoms with Crippen LogP contribution in [0.3, 0.4) is 0 Å². The Bertz CT molecular complexity index is 1450. The normalized spacial score (nSPS) is 12.6. The average molecular weight is 1060 g/mol. The molecule has 0 fully saturated rings. The lowest BCUT2D eigenvalue weighted by molar-refractivity contribution is -0.166. The van der Waals surface area contributed by atoms with Crippen molar-refractivity contribution in [2.24, 2.45) is 0 Å². The first-order chi connectivity index (χ1) is 37.5. The molecule has 76 heavy (non-hydrogen) atoms. The fourth-order valence-corrected chi connectivity index (χ4v) is 9.29. The first kappa shape index (κ1) is 72.6. The van der Waals surface area contributed by atoms with E-state index in [1.807, 2.05) is 6.08 Å². The van der Waals surface area contributed by atoms with Gasteiger partial charge in [-0.25, -0.2) is 0 Å². The number of unbranched alkanes of at least 4 members (excludes halogenated alkanes) is 34. The van der Waals surface area contributed by atoms with Crippen LogP contribution in [0.4, 0.5) is 0 Å². The van der Waals surface area contributed by atoms with Gasteiger partial charge >= 0.3 is 17.9 Å². The van der Waals surface area contributed by atoms with Crippen LogP contribution in [0.2, 0.25) is 0 Å². The van der Waals surface area contributed by atoms with Crippen LogP contribution < -0.4 is 0 Å². The van der Waals surface area contributed by atoms with Crippen molar-refractivity contribution in [3.05, 3.63) is 85.1 Å². The van der Waals surface area contributed by atoms with Gasteiger partial charge in [0.15, 0.2) is 6.10 Å². The summed E-state index contributed by atoms with van der Waals surface area (Å²) < 4.78 is 16.8. The molecule has 0 aliphatic carbocycles. The standard InChI is InChI=1S/C70H122O6/c1-4-7-10-13-16-19-22-25-27-28-29-30-31-32-33-34-35-36-37-38-39-40-41-42-43-46-48-51-54-57-60-63-69(72)75-66-67(65-74-68(71)62-59-56-53-50-47-44-24-21-18-15-12-9-6-3)76-70(73)64-61-58-55-52-49-45-26-23-20-17-14-11-8-5-2/h9,12,18,21-22,25,28-29,31-32,44,47,53,56,67H,4-8,10-11,13-17,19-20,23-24,26-27,30,33-43,45-46,48-52,54-55,57-66H2,1-3H3/b12-9-,21-18-,25-22-,29-28-,32-31-,47-44-,56-53-. The summed E-state index contributed by atoms with van der Waals surface area (Å²) in [4.78, 5) is 38.2. The van der Waals surface area contributed by atoms with Crippen LogP contribution in [0.1, 0.15) is 323 Å². The number of allylic oxidation sites excluding steroid dienone is 14. The summed E-state index contributed by atoms with van der Waals surface area (Å²) in [5, 5.41) is 0. The summed E-state index contributed by atoms with van der Waals surface area (Å²) >= 11 is 0. The second-order valence-corrected chi connectivity index (χ2v) is 21.6. The third-order valence-electron chi connectivity index (χ3n) is 14.1. The summed E-state index contributed by atoms with van der Waals surface area (Å²) in [5.74, 6) is -0.967. The van der Waals surface area contributed by atoms with Crippen molar-refractivity contribution in [3.8, 4) is 0 Å². The Morgan fingerprint density at radius 2 is 0.539 bits per heavy atom. The average Bonchev–Trinajstić information content (AvgIpc) is 3.42. The number of ether oxygens (including phenoxy) is 3. The van der Waals surface area contributed by atoms with Crippen LogP contribution in [-0.4, -0.2) is 37.2 Å². The third-order valence-corrected chi connectivity index (χ3v) is 14.1. The van der Waals surface area contributed by atoms with Crippen molar-refractivity contribution >= 4 is 17.9 Å². The van der Waals surface area contributed by atoms with Crippen LogP contribution >= 0.6 is 0 Å². The van der Waals surface area contributed by atoms with Crippen molar-refractivity contribution < 1.29 is 28.6 Å². The van der Waals surface area contributed by atoms with Gasteiger partial charge in [0.1, 0.15) is 13.2 Å². The molecule has 0 aromatic rings. The Kier molecular flexibility index (Phi) is 61.2. The molecule has 0 amide bonds. The summed E-state index contributed by atoms with van der Waals surface area (Å²) in [6, 6.07) is 0. The highest BCUT2D eigenvalue weighted by molar-refractivity contribution is 5.71. The molecular formula is C70H122O6. The van der Waals surface area contributed by atoms with Crippen LogP contribution in [0, 0.1) is 0 Å². The molecule has 0 aromatic heterocycles. The lowest BCUT2D eigenvalue weighted by atomic mass is 10.0. The van der Waals surface area contributed by atoms with Gasteiger partial charge in [0.25, 0.3) is 0 Å². The maximum absolute atomic E-state index is 12.9. The summed E-state index contributed by atoms with van der Waals surface area (Å²) in [6.07, 6.45) is 84.8. The molecule has 438 valence electrons. The minimum absolute atomic E-state index is 0.0950. The number of rotatable bonds is 59. The number of carbonyl (C=O) groups is 3. The molecule has 0 aliphatic heterocycles. The molecule has 0 heterocycles. The minimum atomic E-state index is -0.803. The molecule has 0 aliphatic rings. The summed E-state index contributed by atoms with van der Waals surface area (Å²) in [5.41, 5.74) is 0. The van der Waals surface area contributed by atoms with E-state index < -0.39 is 6.10 Å². The highest BCUT2D eigenvalue weighted by atomic mass is 16.6. The predicted molar refractivity (Wildman–Crippen MR) is 330 cm³/mol. The van der Waals surface area contributed by atoms with E-state index in [-0.39, 0.29) is 37.5 Å². The largest absolute Gasteiger partial charge is 0.462 e. The maximum Gasteiger partial charge on any atom is 0.306 e. The molecule has 1 unspecified atom stereocenters. The van der Waals surface area contributed by atoms with Crippen LogP contribution in [0.25, 0.3) is 0 Å². The predicted octanol–water partition coefficient (Wildman–Crippen LogP) is 22.3. The molecule has 0 bridgehead atoms. The SMILES string of the molecule is CC/C=C\C/C=C\C/C=C\C/C=C\CCC(=O)OCC(COC(=O)CCCCCCCCCCCCCCCCCC/C=C\C/C=C\C/C=C\CCCCCCC)OC(=O)CCCCCCCCCCCCCCCC. The lowest BCUT2D eigenvalue weighted by Crippen LogP contribution is -2.30. The van der Waals surface area contributed by atoms with Gasteiger partial charge in [-0.2, -0.15) is 0 Å². The first-order valence-corrected chi connectivity index (χ1v) is 32.6. The molecular weight excluding hydrogens is 937 g/mol. The Morgan fingerprint density at radius 1 is 0.276 bits per heavy atom. The number of esters is 3. The Morgan fingerprint density at radius 3 is 0.882 bits per heavy atom. The van der Waals surface area contributed by atoms with Crippen molar-refractivity contribution in [1.82, 2.24) is 0 Å². The molecule has 0 rings (SSSR count). The monoisotopic (exact) mass is 1060 g/mol. The smallest absolute Gasteiger partial charge is 0.306 e. The topological polar surface area (TPSA) is 78.9 Å². The molecule has 0 saturated heterocycles. The molecule has 0 saturated carbocycles. The first-order valence-electron chi connectivity index (χ1n) is 32.6. The molecule has 0 spiro atoms. The molecule has 6 nitrogen and oxygen atoms in total. The van der Waals surface area contributed by atoms with E-state index in [1.54, 1.807) is 0 Å². The van der Waals surface area contributed by atoms with E-state index in [2.05, 4.69) is 99.8 Å². The maximum atomic E-state index is 12.9. The fourth-order valence-electron chi connectivity index (χ4n) is 9.29. The highest BCUT2D eigenvalue weighted by Crippen LogP contribution is 2.17.